The van der Waals surface area contributed by atoms with E-state index in [9.17, 15) is 30.0 Å². The average molecular weight is 771 g/mol. The average Bonchev–Trinajstić information content (AvgIpc) is 3.14. The molecule has 0 bridgehead atoms. The van der Waals surface area contributed by atoms with E-state index in [2.05, 4.69) is 4.98 Å². The molecular weight excluding hydrogens is 737 g/mol. The Morgan fingerprint density at radius 2 is 1.15 bits per heavy atom. The molecule has 0 N–H and O–H groups in total. The molecule has 4 aromatic carbocycles. The third kappa shape index (κ3) is 7.75. The van der Waals surface area contributed by atoms with Crippen molar-refractivity contribution in [2.24, 2.45) is 0 Å². The molecule has 0 radical (unpaired) electrons. The largest absolute Gasteiger partial charge is 0.497 e. The molecule has 52 heavy (non-hydrogen) atoms. The monoisotopic (exact) mass is 770 g/mol. The number of hydrogen-bond donors (Lipinski definition) is 0. The summed E-state index contributed by atoms with van der Waals surface area (Å²) in [6, 6.07) is 19.1. The van der Waals surface area contributed by atoms with Crippen molar-refractivity contribution < 1.29 is 53.2 Å². The SMILES string of the molecule is CCCCOC(=O)c1ncc2cc(N(S(=O)(=O)c3ccc(OC)cc3)S(=O)(=O)c3ccc(OC)cc3)ccc2c1OS(=O)(=O)c1ccc(OC)cc1. The highest BCUT2D eigenvalue weighted by Crippen LogP contribution is 2.38. The molecule has 0 saturated heterocycles. The Kier molecular flexibility index (Phi) is 11.3. The van der Waals surface area contributed by atoms with Crippen molar-refractivity contribution in [2.45, 2.75) is 34.5 Å². The van der Waals surface area contributed by atoms with Crippen molar-refractivity contribution in [3.63, 3.8) is 0 Å². The Hall–Kier alpha value is -5.39. The number of pyridine rings is 1. The van der Waals surface area contributed by atoms with Gasteiger partial charge in [0.1, 0.15) is 22.1 Å². The summed E-state index contributed by atoms with van der Waals surface area (Å²) in [7, 11) is -10.1. The van der Waals surface area contributed by atoms with Crippen LogP contribution in [0.25, 0.3) is 10.8 Å². The maximum Gasteiger partial charge on any atom is 0.360 e. The summed E-state index contributed by atoms with van der Waals surface area (Å²) in [6.07, 6.45) is 2.40. The fourth-order valence-corrected chi connectivity index (χ4v) is 9.53. The molecule has 0 unspecified atom stereocenters. The zero-order chi connectivity index (χ0) is 37.7. The molecule has 0 aliphatic heterocycles. The predicted octanol–water partition coefficient (Wildman–Crippen LogP) is 5.57. The molecule has 274 valence electrons. The van der Waals surface area contributed by atoms with Gasteiger partial charge in [-0.25, -0.2) is 26.6 Å². The number of benzene rings is 4. The topological polar surface area (TPSA) is 182 Å². The molecule has 0 saturated carbocycles. The lowest BCUT2D eigenvalue weighted by Gasteiger charge is -2.25. The molecule has 17 heteroatoms. The van der Waals surface area contributed by atoms with Crippen LogP contribution in [-0.2, 0) is 34.9 Å². The van der Waals surface area contributed by atoms with Crippen LogP contribution in [-0.4, -0.2) is 64.1 Å². The van der Waals surface area contributed by atoms with Gasteiger partial charge in [-0.1, -0.05) is 13.3 Å². The summed E-state index contributed by atoms with van der Waals surface area (Å²) in [5.41, 5.74) is -0.829. The van der Waals surface area contributed by atoms with Gasteiger partial charge in [0.25, 0.3) is 20.0 Å². The Labute approximate surface area is 301 Å². The number of unbranched alkanes of at least 4 members (excludes halogenated alkanes) is 1. The van der Waals surface area contributed by atoms with Crippen molar-refractivity contribution >= 4 is 52.6 Å². The molecule has 5 aromatic rings. The maximum absolute atomic E-state index is 14.2. The van der Waals surface area contributed by atoms with Gasteiger partial charge in [0.05, 0.1) is 43.4 Å². The lowest BCUT2D eigenvalue weighted by Crippen LogP contribution is -2.37. The van der Waals surface area contributed by atoms with Crippen LogP contribution in [0.5, 0.6) is 23.0 Å². The molecule has 0 fully saturated rings. The number of nitrogens with zero attached hydrogens (tertiary/aromatic N) is 2. The zero-order valence-electron chi connectivity index (χ0n) is 28.4. The number of hydrogen-bond acceptors (Lipinski definition) is 13. The van der Waals surface area contributed by atoms with Crippen LogP contribution in [0.2, 0.25) is 0 Å². The van der Waals surface area contributed by atoms with Gasteiger partial charge >= 0.3 is 16.1 Å². The first-order valence-electron chi connectivity index (χ1n) is 15.5. The summed E-state index contributed by atoms with van der Waals surface area (Å²) >= 11 is 0. The van der Waals surface area contributed by atoms with E-state index in [4.69, 9.17) is 23.1 Å². The highest BCUT2D eigenvalue weighted by Gasteiger charge is 2.38. The van der Waals surface area contributed by atoms with Crippen molar-refractivity contribution in [1.82, 2.24) is 4.98 Å². The highest BCUT2D eigenvalue weighted by molar-refractivity contribution is 8.10. The van der Waals surface area contributed by atoms with Crippen LogP contribution in [0.15, 0.2) is 112 Å². The van der Waals surface area contributed by atoms with Crippen LogP contribution < -0.4 is 22.1 Å². The van der Waals surface area contributed by atoms with Crippen molar-refractivity contribution in [1.29, 1.82) is 0 Å². The lowest BCUT2D eigenvalue weighted by atomic mass is 10.1. The number of carbonyl (C=O) groups excluding carboxylic acids is 1. The minimum absolute atomic E-state index is 0.0121. The van der Waals surface area contributed by atoms with Crippen LogP contribution >= 0.6 is 0 Å². The fourth-order valence-electron chi connectivity index (χ4n) is 4.90. The second-order valence-electron chi connectivity index (χ2n) is 11.0. The second kappa shape index (κ2) is 15.5. The molecule has 5 rings (SSSR count). The maximum atomic E-state index is 14.2. The third-order valence-electron chi connectivity index (χ3n) is 7.66. The molecule has 0 aliphatic rings. The molecule has 1 aromatic heterocycles. The standard InChI is InChI=1S/C35H34N2O12S3/c1-5-6-21-48-35(38)33-34(49-52(43,44)31-18-12-28(47-4)13-19-31)32-20-7-25(22-24(32)23-36-33)37(50(39,40)29-14-8-26(45-2)9-15-29)51(41,42)30-16-10-27(46-3)11-17-30/h7-20,22-23H,5-6,21H2,1-4H3. The zero-order valence-corrected chi connectivity index (χ0v) is 30.8. The fraction of sp³-hybridized carbons (Fsp3) is 0.200. The van der Waals surface area contributed by atoms with Gasteiger partial charge in [-0.2, -0.15) is 12.1 Å². The van der Waals surface area contributed by atoms with E-state index in [1.54, 1.807) is 0 Å². The molecule has 0 amide bonds. The van der Waals surface area contributed by atoms with Crippen LogP contribution in [0.3, 0.4) is 0 Å². The van der Waals surface area contributed by atoms with Gasteiger partial charge in [0, 0.05) is 17.0 Å². The predicted molar refractivity (Wildman–Crippen MR) is 191 cm³/mol. The van der Waals surface area contributed by atoms with Gasteiger partial charge in [-0.05, 0) is 97.4 Å². The minimum atomic E-state index is -4.86. The number of carbonyl (C=O) groups is 1. The quantitative estimate of drug-likeness (QED) is 0.0733. The Balaban J connectivity index is 1.70. The van der Waals surface area contributed by atoms with E-state index in [-0.39, 0.29) is 41.5 Å². The van der Waals surface area contributed by atoms with Gasteiger partial charge < -0.3 is 23.1 Å². The number of ether oxygens (including phenoxy) is 4. The van der Waals surface area contributed by atoms with E-state index in [1.807, 2.05) is 6.92 Å². The van der Waals surface area contributed by atoms with Gasteiger partial charge in [0.15, 0.2) is 11.4 Å². The number of anilines is 1. The van der Waals surface area contributed by atoms with Crippen molar-refractivity contribution in [3.05, 3.63) is 103 Å². The first kappa shape index (κ1) is 37.9. The van der Waals surface area contributed by atoms with Gasteiger partial charge in [0.2, 0.25) is 0 Å². The molecule has 0 spiro atoms. The summed E-state index contributed by atoms with van der Waals surface area (Å²) < 4.78 is 110. The Bertz CT molecular complexity index is 2320. The van der Waals surface area contributed by atoms with E-state index in [0.29, 0.717) is 30.1 Å². The number of fused-ring (bicyclic) bond motifs is 1. The summed E-state index contributed by atoms with van der Waals surface area (Å²) in [5.74, 6) is -0.422. The van der Waals surface area contributed by atoms with E-state index < -0.39 is 47.6 Å². The van der Waals surface area contributed by atoms with Gasteiger partial charge in [-0.15, -0.1) is 0 Å². The highest BCUT2D eigenvalue weighted by atomic mass is 32.3. The Morgan fingerprint density at radius 1 is 0.673 bits per heavy atom. The van der Waals surface area contributed by atoms with Crippen LogP contribution in [0, 0.1) is 0 Å². The number of rotatable bonds is 15. The van der Waals surface area contributed by atoms with Gasteiger partial charge in [-0.3, -0.25) is 0 Å². The van der Waals surface area contributed by atoms with Crippen molar-refractivity contribution in [3.8, 4) is 23.0 Å². The second-order valence-corrected chi connectivity index (χ2v) is 16.3. The number of sulfonamides is 2. The van der Waals surface area contributed by atoms with Crippen molar-refractivity contribution in [2.75, 3.05) is 31.6 Å². The number of methoxy groups -OCH3 is 3. The summed E-state index contributed by atoms with van der Waals surface area (Å²) in [5, 5.41) is 0.0179. The first-order valence-corrected chi connectivity index (χ1v) is 19.8. The third-order valence-corrected chi connectivity index (χ3v) is 13.1. The molecule has 14 nitrogen and oxygen atoms in total. The summed E-state index contributed by atoms with van der Waals surface area (Å²) in [4.78, 5) is 16.3. The van der Waals surface area contributed by atoms with E-state index in [1.165, 1.54) is 106 Å². The number of esters is 1. The molecule has 0 aliphatic carbocycles. The molecule has 0 atom stereocenters. The van der Waals surface area contributed by atoms with Crippen LogP contribution in [0.1, 0.15) is 30.3 Å². The number of aromatic nitrogens is 1. The van der Waals surface area contributed by atoms with Crippen LogP contribution in [0.4, 0.5) is 5.69 Å². The minimum Gasteiger partial charge on any atom is -0.497 e. The first-order chi connectivity index (χ1) is 24.8. The lowest BCUT2D eigenvalue weighted by molar-refractivity contribution is 0.0491. The smallest absolute Gasteiger partial charge is 0.360 e. The normalized spacial score (nSPS) is 11.8. The summed E-state index contributed by atoms with van der Waals surface area (Å²) in [6.45, 7) is 1.92. The molecule has 1 heterocycles. The van der Waals surface area contributed by atoms with E-state index in [0.717, 1.165) is 12.3 Å². The molecular formula is C35H34N2O12S3. The Morgan fingerprint density at radius 3 is 1.62 bits per heavy atom. The van der Waals surface area contributed by atoms with E-state index >= 15 is 0 Å².